The van der Waals surface area contributed by atoms with Gasteiger partial charge in [-0.1, -0.05) is 42.5 Å². The van der Waals surface area contributed by atoms with E-state index in [1.54, 1.807) is 13.2 Å². The van der Waals surface area contributed by atoms with Crippen molar-refractivity contribution in [2.75, 3.05) is 24.3 Å². The quantitative estimate of drug-likeness (QED) is 0.602. The zero-order valence-corrected chi connectivity index (χ0v) is 15.0. The van der Waals surface area contributed by atoms with Gasteiger partial charge in [-0.3, -0.25) is 0 Å². The number of ether oxygens (including phenoxy) is 1. The van der Waals surface area contributed by atoms with Gasteiger partial charge in [-0.05, 0) is 24.6 Å². The molecule has 0 aliphatic rings. The van der Waals surface area contributed by atoms with Gasteiger partial charge >= 0.3 is 0 Å². The first kappa shape index (κ1) is 17.5. The SMILES string of the molecule is C=CCNc1cc(-c2ccccc2)nc(Nc2cc(C)ccc2OC)n1. The first-order valence-corrected chi connectivity index (χ1v) is 8.40. The summed E-state index contributed by atoms with van der Waals surface area (Å²) in [4.78, 5) is 9.23. The molecule has 0 bridgehead atoms. The van der Waals surface area contributed by atoms with E-state index in [1.807, 2.05) is 61.5 Å². The van der Waals surface area contributed by atoms with E-state index in [0.29, 0.717) is 12.5 Å². The number of methoxy groups -OCH3 is 1. The molecule has 0 amide bonds. The summed E-state index contributed by atoms with van der Waals surface area (Å²) in [5.41, 5.74) is 3.81. The molecular formula is C21H22N4O. The fourth-order valence-corrected chi connectivity index (χ4v) is 2.57. The van der Waals surface area contributed by atoms with Gasteiger partial charge in [0.15, 0.2) is 0 Å². The van der Waals surface area contributed by atoms with Crippen molar-refractivity contribution in [2.24, 2.45) is 0 Å². The number of benzene rings is 2. The van der Waals surface area contributed by atoms with Crippen molar-refractivity contribution in [2.45, 2.75) is 6.92 Å². The maximum absolute atomic E-state index is 5.44. The molecule has 5 nitrogen and oxygen atoms in total. The summed E-state index contributed by atoms with van der Waals surface area (Å²) in [7, 11) is 1.65. The third-order valence-electron chi connectivity index (χ3n) is 3.82. The number of nitrogens with zero attached hydrogens (tertiary/aromatic N) is 2. The van der Waals surface area contributed by atoms with Crippen LogP contribution in [0.5, 0.6) is 5.75 Å². The van der Waals surface area contributed by atoms with Crippen LogP contribution in [-0.4, -0.2) is 23.6 Å². The van der Waals surface area contributed by atoms with Crippen LogP contribution in [0, 0.1) is 6.92 Å². The van der Waals surface area contributed by atoms with E-state index in [2.05, 4.69) is 27.2 Å². The zero-order valence-electron chi connectivity index (χ0n) is 15.0. The lowest BCUT2D eigenvalue weighted by molar-refractivity contribution is 0.416. The molecule has 0 saturated carbocycles. The molecule has 0 spiro atoms. The summed E-state index contributed by atoms with van der Waals surface area (Å²) in [5, 5.41) is 6.51. The zero-order chi connectivity index (χ0) is 18.4. The Morgan fingerprint density at radius 3 is 2.62 bits per heavy atom. The van der Waals surface area contributed by atoms with Gasteiger partial charge in [-0.15, -0.1) is 6.58 Å². The van der Waals surface area contributed by atoms with Crippen LogP contribution < -0.4 is 15.4 Å². The van der Waals surface area contributed by atoms with Gasteiger partial charge in [-0.2, -0.15) is 4.98 Å². The molecule has 2 N–H and O–H groups in total. The Hall–Kier alpha value is -3.34. The lowest BCUT2D eigenvalue weighted by atomic mass is 10.1. The van der Waals surface area contributed by atoms with E-state index in [1.165, 1.54) is 0 Å². The molecule has 0 unspecified atom stereocenters. The van der Waals surface area contributed by atoms with E-state index in [9.17, 15) is 0 Å². The summed E-state index contributed by atoms with van der Waals surface area (Å²) in [6.45, 7) is 6.39. The van der Waals surface area contributed by atoms with Crippen molar-refractivity contribution >= 4 is 17.5 Å². The molecule has 0 saturated heterocycles. The maximum atomic E-state index is 5.44. The number of rotatable bonds is 7. The molecule has 0 radical (unpaired) electrons. The van der Waals surface area contributed by atoms with Crippen LogP contribution in [0.2, 0.25) is 0 Å². The molecule has 3 aromatic rings. The maximum Gasteiger partial charge on any atom is 0.229 e. The topological polar surface area (TPSA) is 59.1 Å². The fraction of sp³-hybridized carbons (Fsp3) is 0.143. The van der Waals surface area contributed by atoms with Crippen molar-refractivity contribution in [1.29, 1.82) is 0 Å². The van der Waals surface area contributed by atoms with Gasteiger partial charge in [-0.25, -0.2) is 4.98 Å². The minimum Gasteiger partial charge on any atom is -0.495 e. The van der Waals surface area contributed by atoms with Gasteiger partial charge < -0.3 is 15.4 Å². The third kappa shape index (κ3) is 4.19. The van der Waals surface area contributed by atoms with Gasteiger partial charge in [0.25, 0.3) is 0 Å². The number of hydrogen-bond donors (Lipinski definition) is 2. The van der Waals surface area contributed by atoms with Gasteiger partial charge in [0.2, 0.25) is 5.95 Å². The highest BCUT2D eigenvalue weighted by Gasteiger charge is 2.09. The highest BCUT2D eigenvalue weighted by atomic mass is 16.5. The minimum absolute atomic E-state index is 0.502. The number of aryl methyl sites for hydroxylation is 1. The Kier molecular flexibility index (Phi) is 5.49. The van der Waals surface area contributed by atoms with Crippen LogP contribution in [0.15, 0.2) is 67.3 Å². The summed E-state index contributed by atoms with van der Waals surface area (Å²) in [5.74, 6) is 1.97. The average molecular weight is 346 g/mol. The van der Waals surface area contributed by atoms with Crippen molar-refractivity contribution in [1.82, 2.24) is 9.97 Å². The fourth-order valence-electron chi connectivity index (χ4n) is 2.57. The van der Waals surface area contributed by atoms with Crippen molar-refractivity contribution in [3.8, 4) is 17.0 Å². The highest BCUT2D eigenvalue weighted by Crippen LogP contribution is 2.29. The van der Waals surface area contributed by atoms with Crippen molar-refractivity contribution < 1.29 is 4.74 Å². The van der Waals surface area contributed by atoms with E-state index < -0.39 is 0 Å². The number of hydrogen-bond acceptors (Lipinski definition) is 5. The normalized spacial score (nSPS) is 10.2. The van der Waals surface area contributed by atoms with Crippen LogP contribution in [0.3, 0.4) is 0 Å². The molecule has 1 heterocycles. The van der Waals surface area contributed by atoms with Crippen LogP contribution >= 0.6 is 0 Å². The van der Waals surface area contributed by atoms with E-state index in [0.717, 1.165) is 34.1 Å². The number of anilines is 3. The lowest BCUT2D eigenvalue weighted by Gasteiger charge is -2.13. The van der Waals surface area contributed by atoms with Crippen molar-refractivity contribution in [3.05, 3.63) is 72.8 Å². The molecular weight excluding hydrogens is 324 g/mol. The van der Waals surface area contributed by atoms with Crippen LogP contribution in [-0.2, 0) is 0 Å². The Morgan fingerprint density at radius 2 is 1.88 bits per heavy atom. The molecule has 26 heavy (non-hydrogen) atoms. The third-order valence-corrected chi connectivity index (χ3v) is 3.82. The van der Waals surface area contributed by atoms with E-state index >= 15 is 0 Å². The lowest BCUT2D eigenvalue weighted by Crippen LogP contribution is -2.06. The minimum atomic E-state index is 0.502. The van der Waals surface area contributed by atoms with Gasteiger partial charge in [0.05, 0.1) is 18.5 Å². The second kappa shape index (κ2) is 8.16. The molecule has 0 aliphatic heterocycles. The van der Waals surface area contributed by atoms with Crippen LogP contribution in [0.4, 0.5) is 17.5 Å². The van der Waals surface area contributed by atoms with Crippen LogP contribution in [0.25, 0.3) is 11.3 Å². The Morgan fingerprint density at radius 1 is 1.08 bits per heavy atom. The predicted molar refractivity (Wildman–Crippen MR) is 107 cm³/mol. The Balaban J connectivity index is 2.00. The van der Waals surface area contributed by atoms with Crippen LogP contribution in [0.1, 0.15) is 5.56 Å². The first-order chi connectivity index (χ1) is 12.7. The summed E-state index contributed by atoms with van der Waals surface area (Å²) >= 11 is 0. The Labute approximate surface area is 153 Å². The van der Waals surface area contributed by atoms with E-state index in [4.69, 9.17) is 4.74 Å². The summed E-state index contributed by atoms with van der Waals surface area (Å²) < 4.78 is 5.44. The van der Waals surface area contributed by atoms with Gasteiger partial charge in [0.1, 0.15) is 11.6 Å². The standard InChI is InChI=1S/C21H22N4O/c1-4-12-22-20-14-17(16-8-6-5-7-9-16)23-21(25-20)24-18-13-15(2)10-11-19(18)26-3/h4-11,13-14H,1,12H2,2-3H3,(H2,22,23,24,25). The van der Waals surface area contributed by atoms with Crippen molar-refractivity contribution in [3.63, 3.8) is 0 Å². The molecule has 1 aromatic heterocycles. The molecule has 2 aromatic carbocycles. The smallest absolute Gasteiger partial charge is 0.229 e. The molecule has 0 fully saturated rings. The molecule has 3 rings (SSSR count). The molecule has 132 valence electrons. The van der Waals surface area contributed by atoms with Gasteiger partial charge in [0, 0.05) is 18.2 Å². The summed E-state index contributed by atoms with van der Waals surface area (Å²) in [6, 6.07) is 17.9. The number of nitrogens with one attached hydrogen (secondary N) is 2. The Bertz CT molecular complexity index is 894. The largest absolute Gasteiger partial charge is 0.495 e. The average Bonchev–Trinajstić information content (AvgIpc) is 2.67. The monoisotopic (exact) mass is 346 g/mol. The number of aromatic nitrogens is 2. The predicted octanol–water partition coefficient (Wildman–Crippen LogP) is 4.80. The highest BCUT2D eigenvalue weighted by molar-refractivity contribution is 5.68. The van der Waals surface area contributed by atoms with E-state index in [-0.39, 0.29) is 0 Å². The second-order valence-corrected chi connectivity index (χ2v) is 5.83. The molecule has 5 heteroatoms. The molecule has 0 aliphatic carbocycles. The summed E-state index contributed by atoms with van der Waals surface area (Å²) in [6.07, 6.45) is 1.79. The first-order valence-electron chi connectivity index (χ1n) is 8.40. The molecule has 0 atom stereocenters. The second-order valence-electron chi connectivity index (χ2n) is 5.83.